The van der Waals surface area contributed by atoms with Gasteiger partial charge in [-0.2, -0.15) is 0 Å². The average Bonchev–Trinajstić information content (AvgIpc) is 2.54. The molecule has 0 aliphatic rings. The van der Waals surface area contributed by atoms with Gasteiger partial charge in [-0.15, -0.1) is 11.6 Å². The first-order valence-electron chi connectivity index (χ1n) is 9.24. The van der Waals surface area contributed by atoms with Gasteiger partial charge in [0, 0.05) is 51.6 Å². The van der Waals surface area contributed by atoms with E-state index in [1.807, 2.05) is 0 Å². The van der Waals surface area contributed by atoms with Gasteiger partial charge in [-0.25, -0.2) is 0 Å². The third kappa shape index (κ3) is 13.3. The van der Waals surface area contributed by atoms with Crippen LogP contribution in [0.1, 0.15) is 52.9 Å². The van der Waals surface area contributed by atoms with Gasteiger partial charge < -0.3 is 18.3 Å². The van der Waals surface area contributed by atoms with E-state index in [2.05, 4.69) is 20.8 Å². The summed E-state index contributed by atoms with van der Waals surface area (Å²) in [5.74, 6) is 0.602. The van der Waals surface area contributed by atoms with Crippen LogP contribution < -0.4 is 0 Å². The highest BCUT2D eigenvalue weighted by Crippen LogP contribution is 2.22. The van der Waals surface area contributed by atoms with E-state index in [0.717, 1.165) is 70.6 Å². The molecule has 0 amide bonds. The van der Waals surface area contributed by atoms with E-state index in [0.29, 0.717) is 19.1 Å². The van der Waals surface area contributed by atoms with Gasteiger partial charge in [-0.3, -0.25) is 0 Å². The smallest absolute Gasteiger partial charge is 0.339 e. The van der Waals surface area contributed by atoms with Crippen molar-refractivity contribution in [1.82, 2.24) is 0 Å². The Kier molecular flexibility index (Phi) is 17.4. The second kappa shape index (κ2) is 17.2. The zero-order valence-electron chi connectivity index (χ0n) is 15.4. The zero-order chi connectivity index (χ0) is 17.2. The van der Waals surface area contributed by atoms with Crippen LogP contribution in [0.5, 0.6) is 0 Å². The average molecular weight is 369 g/mol. The van der Waals surface area contributed by atoms with E-state index in [1.54, 1.807) is 0 Å². The van der Waals surface area contributed by atoms with Gasteiger partial charge in [-0.1, -0.05) is 27.2 Å². The molecule has 0 atom stereocenters. The third-order valence-electron chi connectivity index (χ3n) is 3.40. The second-order valence-corrected chi connectivity index (χ2v) is 9.51. The molecule has 23 heavy (non-hydrogen) atoms. The molecule has 0 N–H and O–H groups in total. The lowest BCUT2D eigenvalue weighted by atomic mass is 10.5. The Bertz CT molecular complexity index is 221. The summed E-state index contributed by atoms with van der Waals surface area (Å²) in [4.78, 5) is 0. The molecule has 0 aliphatic heterocycles. The lowest BCUT2D eigenvalue weighted by Gasteiger charge is -2.30. The highest BCUT2D eigenvalue weighted by Gasteiger charge is 2.35. The molecule has 4 nitrogen and oxygen atoms in total. The maximum atomic E-state index is 6.23. The minimum Gasteiger partial charge on any atom is -0.394 e. The van der Waals surface area contributed by atoms with Gasteiger partial charge in [0.15, 0.2) is 0 Å². The summed E-state index contributed by atoms with van der Waals surface area (Å²) in [5, 5.41) is 0. The van der Waals surface area contributed by atoms with Crippen LogP contribution in [-0.2, 0) is 18.3 Å². The molecule has 0 bridgehead atoms. The van der Waals surface area contributed by atoms with E-state index < -0.39 is 8.56 Å². The summed E-state index contributed by atoms with van der Waals surface area (Å²) < 4.78 is 23.5. The van der Waals surface area contributed by atoms with Crippen LogP contribution in [0.25, 0.3) is 0 Å². The van der Waals surface area contributed by atoms with Crippen LogP contribution >= 0.6 is 11.6 Å². The lowest BCUT2D eigenvalue weighted by molar-refractivity contribution is 0.0943. The van der Waals surface area contributed by atoms with Crippen LogP contribution in [0.3, 0.4) is 0 Å². The van der Waals surface area contributed by atoms with E-state index in [-0.39, 0.29) is 0 Å². The summed E-state index contributed by atoms with van der Waals surface area (Å²) in [6.45, 7) is 11.0. The monoisotopic (exact) mass is 368 g/mol. The summed E-state index contributed by atoms with van der Waals surface area (Å²) in [5.41, 5.74) is 0. The number of hydrogen-bond acceptors (Lipinski definition) is 4. The topological polar surface area (TPSA) is 36.9 Å². The molecule has 0 aromatic rings. The molecule has 0 aliphatic carbocycles. The molecule has 0 rings (SSSR count). The van der Waals surface area contributed by atoms with Gasteiger partial charge in [0.2, 0.25) is 0 Å². The van der Waals surface area contributed by atoms with Gasteiger partial charge in [0.25, 0.3) is 0 Å². The minimum atomic E-state index is -2.18. The molecule has 6 heteroatoms. The number of ether oxygens (including phenoxy) is 2. The fourth-order valence-corrected chi connectivity index (χ4v) is 6.17. The quantitative estimate of drug-likeness (QED) is 0.199. The number of halogens is 1. The highest BCUT2D eigenvalue weighted by molar-refractivity contribution is 6.68. The van der Waals surface area contributed by atoms with Crippen LogP contribution in [0.2, 0.25) is 12.1 Å². The van der Waals surface area contributed by atoms with Crippen LogP contribution in [0.4, 0.5) is 0 Å². The Hall–Kier alpha value is 0.347. The molecule has 140 valence electrons. The summed E-state index contributed by atoms with van der Waals surface area (Å²) in [6.07, 6.45) is 5.03. The van der Waals surface area contributed by atoms with E-state index >= 15 is 0 Å². The van der Waals surface area contributed by atoms with E-state index in [9.17, 15) is 0 Å². The largest absolute Gasteiger partial charge is 0.394 e. The fraction of sp³-hybridized carbons (Fsp3) is 1.00. The van der Waals surface area contributed by atoms with Crippen molar-refractivity contribution in [2.75, 3.05) is 45.5 Å². The molecule has 0 fully saturated rings. The zero-order valence-corrected chi connectivity index (χ0v) is 17.2. The Balaban J connectivity index is 4.11. The van der Waals surface area contributed by atoms with Gasteiger partial charge in [-0.05, 0) is 31.7 Å². The second-order valence-electron chi connectivity index (χ2n) is 5.73. The normalized spacial score (nSPS) is 12.0. The van der Waals surface area contributed by atoms with Gasteiger partial charge >= 0.3 is 8.56 Å². The molecule has 0 aromatic heterocycles. The molecular formula is C17H37ClO4Si. The Morgan fingerprint density at radius 1 is 0.652 bits per heavy atom. The molecule has 0 radical (unpaired) electrons. The summed E-state index contributed by atoms with van der Waals surface area (Å²) in [7, 11) is -2.18. The summed E-state index contributed by atoms with van der Waals surface area (Å²) in [6, 6.07) is 1.86. The predicted octanol–water partition coefficient (Wildman–Crippen LogP) is 4.74. The van der Waals surface area contributed by atoms with Crippen molar-refractivity contribution in [2.45, 2.75) is 65.0 Å². The summed E-state index contributed by atoms with van der Waals surface area (Å²) >= 11 is 6.01. The maximum Gasteiger partial charge on any atom is 0.339 e. The number of hydrogen-bond donors (Lipinski definition) is 0. The SMILES string of the molecule is CCCOCCCO[Si](CCC)(CCCl)OCCCOCCC. The van der Waals surface area contributed by atoms with Crippen LogP contribution in [0.15, 0.2) is 0 Å². The van der Waals surface area contributed by atoms with Gasteiger partial charge in [0.1, 0.15) is 0 Å². The first kappa shape index (κ1) is 23.3. The molecule has 0 saturated heterocycles. The van der Waals surface area contributed by atoms with Crippen molar-refractivity contribution >= 4 is 20.2 Å². The number of rotatable bonds is 18. The van der Waals surface area contributed by atoms with Crippen LogP contribution in [-0.4, -0.2) is 54.1 Å². The Morgan fingerprint density at radius 2 is 1.17 bits per heavy atom. The first-order valence-corrected chi connectivity index (χ1v) is 12.0. The van der Waals surface area contributed by atoms with Crippen molar-refractivity contribution in [3.63, 3.8) is 0 Å². The first-order chi connectivity index (χ1) is 11.2. The van der Waals surface area contributed by atoms with Crippen molar-refractivity contribution in [3.8, 4) is 0 Å². The third-order valence-corrected chi connectivity index (χ3v) is 7.64. The van der Waals surface area contributed by atoms with Gasteiger partial charge in [0.05, 0.1) is 0 Å². The Morgan fingerprint density at radius 3 is 1.57 bits per heavy atom. The number of alkyl halides is 1. The maximum absolute atomic E-state index is 6.23. The van der Waals surface area contributed by atoms with E-state index in [1.165, 1.54) is 0 Å². The molecule has 0 aromatic carbocycles. The molecular weight excluding hydrogens is 332 g/mol. The molecule has 0 heterocycles. The van der Waals surface area contributed by atoms with Crippen molar-refractivity contribution in [2.24, 2.45) is 0 Å². The highest BCUT2D eigenvalue weighted by atomic mass is 35.5. The van der Waals surface area contributed by atoms with Crippen molar-refractivity contribution < 1.29 is 18.3 Å². The van der Waals surface area contributed by atoms with Crippen molar-refractivity contribution in [3.05, 3.63) is 0 Å². The van der Waals surface area contributed by atoms with E-state index in [4.69, 9.17) is 29.9 Å². The standard InChI is InChI=1S/C17H37ClO4Si/c1-4-10-19-12-7-14-21-23(16-6-3,17-9-18)22-15-8-13-20-11-5-2/h4-17H2,1-3H3. The fourth-order valence-electron chi connectivity index (χ4n) is 2.31. The van der Waals surface area contributed by atoms with Crippen molar-refractivity contribution in [1.29, 1.82) is 0 Å². The minimum absolute atomic E-state index is 0.602. The Labute approximate surface area is 149 Å². The molecule has 0 saturated carbocycles. The lowest BCUT2D eigenvalue weighted by Crippen LogP contribution is -2.43. The molecule has 0 spiro atoms. The van der Waals surface area contributed by atoms with Crippen LogP contribution in [0, 0.1) is 0 Å². The molecule has 0 unspecified atom stereocenters. The predicted molar refractivity (Wildman–Crippen MR) is 99.7 cm³/mol.